The molecule has 0 aliphatic heterocycles. The van der Waals surface area contributed by atoms with Crippen LogP contribution < -0.4 is 5.32 Å². The van der Waals surface area contributed by atoms with Crippen LogP contribution in [0.15, 0.2) is 23.1 Å². The topological polar surface area (TPSA) is 116 Å². The molecule has 8 nitrogen and oxygen atoms in total. The van der Waals surface area contributed by atoms with Crippen molar-refractivity contribution in [3.05, 3.63) is 28.3 Å². The molecule has 1 N–H and O–H groups in total. The summed E-state index contributed by atoms with van der Waals surface area (Å²) in [7, 11) is -0.992. The zero-order chi connectivity index (χ0) is 16.2. The number of non-ortho nitro benzene ring substituents is 1. The van der Waals surface area contributed by atoms with Gasteiger partial charge in [0, 0.05) is 32.3 Å². The van der Waals surface area contributed by atoms with Gasteiger partial charge in [0.1, 0.15) is 4.90 Å². The van der Waals surface area contributed by atoms with E-state index in [0.717, 1.165) is 16.4 Å². The molecule has 114 valence electrons. The maximum absolute atomic E-state index is 12.5. The molecule has 1 aromatic carbocycles. The van der Waals surface area contributed by atoms with Crippen LogP contribution >= 0.6 is 0 Å². The zero-order valence-electron chi connectivity index (χ0n) is 11.9. The van der Waals surface area contributed by atoms with Gasteiger partial charge >= 0.3 is 0 Å². The van der Waals surface area contributed by atoms with Crippen LogP contribution in [0.4, 0.5) is 11.4 Å². The van der Waals surface area contributed by atoms with Gasteiger partial charge in [-0.3, -0.25) is 10.1 Å². The summed E-state index contributed by atoms with van der Waals surface area (Å²) < 4.78 is 26.1. The third kappa shape index (κ3) is 3.48. The Morgan fingerprint density at radius 2 is 2.14 bits per heavy atom. The quantitative estimate of drug-likeness (QED) is 0.629. The standard InChI is InChI=1S/C12H16N4O4S/c1-9(6-7-13)15(3)21(19,20)12-5-4-10(16(17)18)8-11(12)14-2/h4-5,8-9,14H,6H2,1-3H3. The first kappa shape index (κ1) is 16.9. The summed E-state index contributed by atoms with van der Waals surface area (Å²) in [5.74, 6) is 0. The van der Waals surface area contributed by atoms with E-state index in [1.165, 1.54) is 20.2 Å². The van der Waals surface area contributed by atoms with Crippen molar-refractivity contribution in [1.29, 1.82) is 5.26 Å². The highest BCUT2D eigenvalue weighted by molar-refractivity contribution is 7.89. The highest BCUT2D eigenvalue weighted by atomic mass is 32.2. The van der Waals surface area contributed by atoms with Crippen LogP contribution in [0, 0.1) is 21.4 Å². The Balaban J connectivity index is 3.32. The predicted octanol–water partition coefficient (Wildman–Crippen LogP) is 1.56. The number of rotatable bonds is 6. The number of hydrogen-bond donors (Lipinski definition) is 1. The number of nitrogens with zero attached hydrogens (tertiary/aromatic N) is 3. The van der Waals surface area contributed by atoms with Crippen molar-refractivity contribution in [3.63, 3.8) is 0 Å². The van der Waals surface area contributed by atoms with Gasteiger partial charge in [-0.25, -0.2) is 8.42 Å². The summed E-state index contributed by atoms with van der Waals surface area (Å²) in [6, 6.07) is 4.90. The van der Waals surface area contributed by atoms with Crippen LogP contribution in [0.3, 0.4) is 0 Å². The zero-order valence-corrected chi connectivity index (χ0v) is 12.7. The number of nitriles is 1. The van der Waals surface area contributed by atoms with Crippen LogP contribution in [0.5, 0.6) is 0 Å². The van der Waals surface area contributed by atoms with Crippen LogP contribution in [-0.4, -0.2) is 37.8 Å². The normalized spacial score (nSPS) is 12.7. The summed E-state index contributed by atoms with van der Waals surface area (Å²) in [6.07, 6.45) is 0.0532. The molecule has 0 saturated heterocycles. The van der Waals surface area contributed by atoms with E-state index in [1.807, 2.05) is 6.07 Å². The van der Waals surface area contributed by atoms with Gasteiger partial charge in [0.2, 0.25) is 10.0 Å². The summed E-state index contributed by atoms with van der Waals surface area (Å²) in [5.41, 5.74) is -0.0637. The second-order valence-electron chi connectivity index (χ2n) is 4.42. The van der Waals surface area contributed by atoms with E-state index in [9.17, 15) is 18.5 Å². The Hall–Kier alpha value is -2.18. The van der Waals surface area contributed by atoms with E-state index in [-0.39, 0.29) is 22.7 Å². The first-order valence-corrected chi connectivity index (χ1v) is 7.51. The largest absolute Gasteiger partial charge is 0.387 e. The highest BCUT2D eigenvalue weighted by Crippen LogP contribution is 2.29. The van der Waals surface area contributed by atoms with E-state index in [0.29, 0.717) is 0 Å². The number of nitrogens with one attached hydrogen (secondary N) is 1. The van der Waals surface area contributed by atoms with E-state index in [1.54, 1.807) is 6.92 Å². The lowest BCUT2D eigenvalue weighted by atomic mass is 10.3. The minimum absolute atomic E-state index is 0.0532. The third-order valence-electron chi connectivity index (χ3n) is 3.11. The SMILES string of the molecule is CNc1cc([N+](=O)[O-])ccc1S(=O)(=O)N(C)C(C)CC#N. The molecular formula is C12H16N4O4S. The van der Waals surface area contributed by atoms with Gasteiger partial charge in [0.15, 0.2) is 0 Å². The number of benzene rings is 1. The minimum Gasteiger partial charge on any atom is -0.387 e. The van der Waals surface area contributed by atoms with Gasteiger partial charge in [-0.15, -0.1) is 0 Å². The molecule has 0 fully saturated rings. The van der Waals surface area contributed by atoms with E-state index in [2.05, 4.69) is 5.32 Å². The number of nitro groups is 1. The molecule has 1 atom stereocenters. The molecule has 0 spiro atoms. The van der Waals surface area contributed by atoms with Gasteiger partial charge < -0.3 is 5.32 Å². The number of anilines is 1. The van der Waals surface area contributed by atoms with E-state index >= 15 is 0 Å². The molecular weight excluding hydrogens is 296 g/mol. The van der Waals surface area contributed by atoms with Gasteiger partial charge in [-0.05, 0) is 13.0 Å². The Kier molecular flexibility index (Phi) is 5.23. The van der Waals surface area contributed by atoms with Crippen molar-refractivity contribution in [1.82, 2.24) is 4.31 Å². The van der Waals surface area contributed by atoms with Crippen LogP contribution in [-0.2, 0) is 10.0 Å². The molecule has 0 aliphatic rings. The number of hydrogen-bond acceptors (Lipinski definition) is 6. The van der Waals surface area contributed by atoms with Crippen molar-refractivity contribution in [2.24, 2.45) is 0 Å². The molecule has 9 heteroatoms. The van der Waals surface area contributed by atoms with Gasteiger partial charge in [-0.1, -0.05) is 0 Å². The average Bonchev–Trinajstić information content (AvgIpc) is 2.45. The van der Waals surface area contributed by atoms with Gasteiger partial charge in [0.25, 0.3) is 5.69 Å². The summed E-state index contributed by atoms with van der Waals surface area (Å²) in [4.78, 5) is 10.1. The van der Waals surface area contributed by atoms with E-state index in [4.69, 9.17) is 5.26 Å². The molecule has 0 aromatic heterocycles. The molecule has 0 aliphatic carbocycles. The van der Waals surface area contributed by atoms with Crippen molar-refractivity contribution in [2.45, 2.75) is 24.3 Å². The molecule has 21 heavy (non-hydrogen) atoms. The van der Waals surface area contributed by atoms with Gasteiger partial charge in [0.05, 0.1) is 23.1 Å². The number of nitro benzene ring substituents is 1. The Labute approximate surface area is 123 Å². The lowest BCUT2D eigenvalue weighted by Crippen LogP contribution is -2.35. The molecule has 0 radical (unpaired) electrons. The Morgan fingerprint density at radius 3 is 2.62 bits per heavy atom. The minimum atomic E-state index is -3.85. The van der Waals surface area contributed by atoms with Crippen molar-refractivity contribution in [3.8, 4) is 6.07 Å². The van der Waals surface area contributed by atoms with Crippen molar-refractivity contribution in [2.75, 3.05) is 19.4 Å². The molecule has 0 bridgehead atoms. The highest BCUT2D eigenvalue weighted by Gasteiger charge is 2.28. The van der Waals surface area contributed by atoms with Gasteiger partial charge in [-0.2, -0.15) is 9.57 Å². The summed E-state index contributed by atoms with van der Waals surface area (Å²) >= 11 is 0. The molecule has 1 rings (SSSR count). The monoisotopic (exact) mass is 312 g/mol. The first-order chi connectivity index (χ1) is 9.75. The number of sulfonamides is 1. The maximum atomic E-state index is 12.5. The Bertz CT molecular complexity index is 681. The molecule has 0 heterocycles. The second kappa shape index (κ2) is 6.51. The smallest absolute Gasteiger partial charge is 0.271 e. The molecule has 0 amide bonds. The van der Waals surface area contributed by atoms with Crippen LogP contribution in [0.1, 0.15) is 13.3 Å². The Morgan fingerprint density at radius 1 is 1.52 bits per heavy atom. The van der Waals surface area contributed by atoms with E-state index < -0.39 is 21.0 Å². The fourth-order valence-electron chi connectivity index (χ4n) is 1.70. The van der Waals surface area contributed by atoms with Crippen LogP contribution in [0.25, 0.3) is 0 Å². The molecule has 0 saturated carbocycles. The average molecular weight is 312 g/mol. The summed E-state index contributed by atoms with van der Waals surface area (Å²) in [5, 5.41) is 22.0. The molecule has 1 unspecified atom stereocenters. The maximum Gasteiger partial charge on any atom is 0.271 e. The summed E-state index contributed by atoms with van der Waals surface area (Å²) in [6.45, 7) is 1.62. The second-order valence-corrected chi connectivity index (χ2v) is 6.39. The first-order valence-electron chi connectivity index (χ1n) is 6.06. The third-order valence-corrected chi connectivity index (χ3v) is 5.14. The van der Waals surface area contributed by atoms with Crippen LogP contribution in [0.2, 0.25) is 0 Å². The van der Waals surface area contributed by atoms with Crippen molar-refractivity contribution < 1.29 is 13.3 Å². The molecule has 1 aromatic rings. The predicted molar refractivity (Wildman–Crippen MR) is 77.3 cm³/mol. The fourth-order valence-corrected chi connectivity index (χ4v) is 3.24. The lowest BCUT2D eigenvalue weighted by molar-refractivity contribution is -0.384. The fraction of sp³-hybridized carbons (Fsp3) is 0.417. The van der Waals surface area contributed by atoms with Crippen molar-refractivity contribution >= 4 is 21.4 Å². The lowest BCUT2D eigenvalue weighted by Gasteiger charge is -2.23.